The topological polar surface area (TPSA) is 100 Å². The van der Waals surface area contributed by atoms with Gasteiger partial charge in [0.15, 0.2) is 23.0 Å². The second-order valence-corrected chi connectivity index (χ2v) is 6.08. The Hall–Kier alpha value is -2.64. The highest BCUT2D eigenvalue weighted by Crippen LogP contribution is 2.29. The second kappa shape index (κ2) is 8.64. The normalized spacial score (nSPS) is 13.1. The highest BCUT2D eigenvalue weighted by molar-refractivity contribution is 5.43. The molecule has 2 aromatic carbocycles. The number of ether oxygens (including phenoxy) is 3. The largest absolute Gasteiger partial charge is 0.504 e. The maximum atomic E-state index is 10.4. The van der Waals surface area contributed by atoms with E-state index in [1.807, 2.05) is 18.2 Å². The minimum atomic E-state index is -1.26. The van der Waals surface area contributed by atoms with Gasteiger partial charge >= 0.3 is 0 Å². The first-order valence-corrected chi connectivity index (χ1v) is 8.18. The summed E-state index contributed by atoms with van der Waals surface area (Å²) in [6, 6.07) is 9.79. The van der Waals surface area contributed by atoms with Crippen LogP contribution in [0.2, 0.25) is 0 Å². The third kappa shape index (κ3) is 5.44. The molecule has 2 aromatic rings. The molecule has 0 bridgehead atoms. The molecule has 2 rings (SSSR count). The summed E-state index contributed by atoms with van der Waals surface area (Å²) in [4.78, 5) is 0. The number of aromatic hydroxyl groups is 2. The molecule has 7 heteroatoms. The Labute approximate surface area is 152 Å². The number of benzene rings is 2. The first-order valence-electron chi connectivity index (χ1n) is 8.18. The Balaban J connectivity index is 1.84. The molecule has 0 radical (unpaired) electrons. The Morgan fingerprint density at radius 1 is 0.962 bits per heavy atom. The van der Waals surface area contributed by atoms with Crippen molar-refractivity contribution in [3.63, 3.8) is 0 Å². The van der Waals surface area contributed by atoms with Crippen LogP contribution in [-0.2, 0) is 6.42 Å². The van der Waals surface area contributed by atoms with Crippen LogP contribution in [0, 0.1) is 0 Å². The van der Waals surface area contributed by atoms with Gasteiger partial charge in [0.25, 0.3) is 0 Å². The molecule has 0 unspecified atom stereocenters. The zero-order valence-electron chi connectivity index (χ0n) is 15.2. The summed E-state index contributed by atoms with van der Waals surface area (Å²) < 4.78 is 15.9. The fourth-order valence-corrected chi connectivity index (χ4v) is 2.38. The zero-order chi connectivity index (χ0) is 19.2. The number of hydrogen-bond acceptors (Lipinski definition) is 7. The molecule has 0 aliphatic rings. The summed E-state index contributed by atoms with van der Waals surface area (Å²) in [6.45, 7) is 2.09. The number of hydrogen-bond donors (Lipinski definition) is 4. The molecular formula is C19H25NO6. The minimum absolute atomic E-state index is 0.0247. The summed E-state index contributed by atoms with van der Waals surface area (Å²) in [5.41, 5.74) is -0.223. The molecule has 7 nitrogen and oxygen atoms in total. The van der Waals surface area contributed by atoms with Gasteiger partial charge in [-0.15, -0.1) is 0 Å². The lowest BCUT2D eigenvalue weighted by Crippen LogP contribution is -2.48. The average Bonchev–Trinajstić information content (AvgIpc) is 2.62. The van der Waals surface area contributed by atoms with E-state index in [0.29, 0.717) is 30.2 Å². The van der Waals surface area contributed by atoms with Crippen molar-refractivity contribution in [2.75, 3.05) is 27.4 Å². The van der Waals surface area contributed by atoms with E-state index in [4.69, 9.17) is 14.2 Å². The van der Waals surface area contributed by atoms with E-state index in [1.165, 1.54) is 18.2 Å². The van der Waals surface area contributed by atoms with Gasteiger partial charge < -0.3 is 29.5 Å². The molecule has 1 atom stereocenters. The van der Waals surface area contributed by atoms with Crippen molar-refractivity contribution < 1.29 is 29.5 Å². The third-order valence-corrected chi connectivity index (χ3v) is 3.83. The quantitative estimate of drug-likeness (QED) is 0.399. The van der Waals surface area contributed by atoms with Crippen LogP contribution in [0.3, 0.4) is 0 Å². The van der Waals surface area contributed by atoms with Gasteiger partial charge in [-0.25, -0.2) is 0 Å². The number of aliphatic hydroxyl groups is 1. The van der Waals surface area contributed by atoms with Crippen molar-refractivity contribution in [2.24, 2.45) is 0 Å². The van der Waals surface area contributed by atoms with E-state index in [2.05, 4.69) is 5.32 Å². The van der Waals surface area contributed by atoms with Gasteiger partial charge in [0, 0.05) is 12.6 Å². The van der Waals surface area contributed by atoms with E-state index in [9.17, 15) is 15.3 Å². The fraction of sp³-hybridized carbons (Fsp3) is 0.368. The van der Waals surface area contributed by atoms with Gasteiger partial charge in [-0.2, -0.15) is 0 Å². The maximum Gasteiger partial charge on any atom is 0.161 e. The highest BCUT2D eigenvalue weighted by atomic mass is 16.5. The first-order chi connectivity index (χ1) is 12.3. The molecule has 0 spiro atoms. The van der Waals surface area contributed by atoms with E-state index in [-0.39, 0.29) is 18.1 Å². The van der Waals surface area contributed by atoms with Gasteiger partial charge in [-0.1, -0.05) is 6.07 Å². The number of nitrogens with one attached hydrogen (secondary N) is 1. The molecule has 4 N–H and O–H groups in total. The van der Waals surface area contributed by atoms with Crippen molar-refractivity contribution >= 4 is 0 Å². The van der Waals surface area contributed by atoms with Crippen LogP contribution in [0.4, 0.5) is 0 Å². The molecule has 0 heterocycles. The predicted molar refractivity (Wildman–Crippen MR) is 97.1 cm³/mol. The molecule has 0 fully saturated rings. The van der Waals surface area contributed by atoms with E-state index < -0.39 is 5.72 Å². The van der Waals surface area contributed by atoms with E-state index >= 15 is 0 Å². The molecule has 142 valence electrons. The average molecular weight is 363 g/mol. The van der Waals surface area contributed by atoms with Crippen LogP contribution >= 0.6 is 0 Å². The summed E-state index contributed by atoms with van der Waals surface area (Å²) in [5.74, 6) is 1.18. The van der Waals surface area contributed by atoms with Crippen LogP contribution in [0.15, 0.2) is 36.4 Å². The Morgan fingerprint density at radius 2 is 1.69 bits per heavy atom. The zero-order valence-corrected chi connectivity index (χ0v) is 15.2. The second-order valence-electron chi connectivity index (χ2n) is 6.08. The maximum absolute atomic E-state index is 10.4. The number of phenols is 2. The Kier molecular flexibility index (Phi) is 6.54. The predicted octanol–water partition coefficient (Wildman–Crippen LogP) is 2.03. The van der Waals surface area contributed by atoms with Crippen LogP contribution in [0.5, 0.6) is 28.7 Å². The lowest BCUT2D eigenvalue weighted by molar-refractivity contribution is -0.0176. The molecule has 0 saturated heterocycles. The molecule has 0 amide bonds. The molecule has 0 aliphatic heterocycles. The molecule has 26 heavy (non-hydrogen) atoms. The van der Waals surface area contributed by atoms with Crippen LogP contribution in [-0.4, -0.2) is 48.4 Å². The lowest BCUT2D eigenvalue weighted by atomic mass is 10.1. The Morgan fingerprint density at radius 3 is 2.35 bits per heavy atom. The molecule has 0 saturated carbocycles. The monoisotopic (exact) mass is 363 g/mol. The van der Waals surface area contributed by atoms with E-state index in [0.717, 1.165) is 5.56 Å². The van der Waals surface area contributed by atoms with Crippen molar-refractivity contribution in [1.29, 1.82) is 0 Å². The SMILES string of the molecule is COc1ccc(CCN[C@](C)(O)COc2ccc(O)c(O)c2)cc1OC. The van der Waals surface area contributed by atoms with Crippen LogP contribution in [0.25, 0.3) is 0 Å². The fourth-order valence-electron chi connectivity index (χ4n) is 2.38. The highest BCUT2D eigenvalue weighted by Gasteiger charge is 2.20. The lowest BCUT2D eigenvalue weighted by Gasteiger charge is -2.25. The van der Waals surface area contributed by atoms with Gasteiger partial charge in [0.2, 0.25) is 0 Å². The van der Waals surface area contributed by atoms with Crippen molar-refractivity contribution in [1.82, 2.24) is 5.32 Å². The summed E-state index contributed by atoms with van der Waals surface area (Å²) in [7, 11) is 3.17. The summed E-state index contributed by atoms with van der Waals surface area (Å²) >= 11 is 0. The van der Waals surface area contributed by atoms with Gasteiger partial charge in [-0.05, 0) is 43.2 Å². The molecular weight excluding hydrogens is 338 g/mol. The van der Waals surface area contributed by atoms with Crippen molar-refractivity contribution in [3.05, 3.63) is 42.0 Å². The van der Waals surface area contributed by atoms with Crippen molar-refractivity contribution in [3.8, 4) is 28.7 Å². The van der Waals surface area contributed by atoms with Crippen LogP contribution in [0.1, 0.15) is 12.5 Å². The molecule has 0 aliphatic carbocycles. The number of methoxy groups -OCH3 is 2. The first kappa shape index (κ1) is 19.7. The standard InChI is InChI=1S/C19H25NO6/c1-19(23,12-26-14-5-6-15(21)16(22)11-14)20-9-8-13-4-7-17(24-2)18(10-13)25-3/h4-7,10-11,20-23H,8-9,12H2,1-3H3/t19-/m1/s1. The van der Waals surface area contributed by atoms with Gasteiger partial charge in [-0.3, -0.25) is 5.32 Å². The Bertz CT molecular complexity index is 732. The van der Waals surface area contributed by atoms with Gasteiger partial charge in [0.1, 0.15) is 18.1 Å². The third-order valence-electron chi connectivity index (χ3n) is 3.83. The number of phenolic OH excluding ortho intramolecular Hbond substituents is 2. The smallest absolute Gasteiger partial charge is 0.161 e. The van der Waals surface area contributed by atoms with Crippen molar-refractivity contribution in [2.45, 2.75) is 19.1 Å². The van der Waals surface area contributed by atoms with Crippen LogP contribution < -0.4 is 19.5 Å². The molecule has 0 aromatic heterocycles. The minimum Gasteiger partial charge on any atom is -0.504 e. The summed E-state index contributed by atoms with van der Waals surface area (Å²) in [6.07, 6.45) is 0.677. The van der Waals surface area contributed by atoms with Gasteiger partial charge in [0.05, 0.1) is 14.2 Å². The van der Waals surface area contributed by atoms with E-state index in [1.54, 1.807) is 21.1 Å². The number of rotatable bonds is 9. The summed E-state index contributed by atoms with van der Waals surface area (Å²) in [5, 5.41) is 32.1.